The molecule has 27 heavy (non-hydrogen) atoms. The summed E-state index contributed by atoms with van der Waals surface area (Å²) < 4.78 is 28.3. The minimum atomic E-state index is -3.93. The zero-order chi connectivity index (χ0) is 19.4. The van der Waals surface area contributed by atoms with Gasteiger partial charge in [-0.15, -0.1) is 0 Å². The fraction of sp³-hybridized carbons (Fsp3) is 0.350. The quantitative estimate of drug-likeness (QED) is 0.766. The molecule has 7 heteroatoms. The Morgan fingerprint density at radius 3 is 2.44 bits per heavy atom. The average molecular weight is 407 g/mol. The van der Waals surface area contributed by atoms with Crippen LogP contribution >= 0.6 is 11.6 Å². The molecule has 1 aliphatic rings. The Bertz CT molecular complexity index is 918. The van der Waals surface area contributed by atoms with Crippen molar-refractivity contribution in [3.05, 3.63) is 58.6 Å². The Kier molecular flexibility index (Phi) is 6.07. The van der Waals surface area contributed by atoms with Crippen molar-refractivity contribution in [2.75, 3.05) is 4.72 Å². The molecule has 1 aliphatic carbocycles. The number of amides is 1. The highest BCUT2D eigenvalue weighted by Crippen LogP contribution is 2.28. The summed E-state index contributed by atoms with van der Waals surface area (Å²) >= 11 is 6.11. The molecule has 2 aromatic carbocycles. The van der Waals surface area contributed by atoms with E-state index in [1.807, 2.05) is 0 Å². The van der Waals surface area contributed by atoms with Crippen molar-refractivity contribution < 1.29 is 13.2 Å². The van der Waals surface area contributed by atoms with E-state index in [1.165, 1.54) is 12.5 Å². The molecule has 0 saturated heterocycles. The topological polar surface area (TPSA) is 75.3 Å². The second-order valence-electron chi connectivity index (χ2n) is 6.85. The maximum Gasteiger partial charge on any atom is 0.263 e. The molecule has 144 valence electrons. The van der Waals surface area contributed by atoms with Crippen molar-refractivity contribution >= 4 is 33.2 Å². The van der Waals surface area contributed by atoms with Gasteiger partial charge in [0.25, 0.3) is 15.9 Å². The Morgan fingerprint density at radius 1 is 1.04 bits per heavy atom. The first-order chi connectivity index (χ1) is 12.9. The van der Waals surface area contributed by atoms with Crippen LogP contribution in [0.15, 0.2) is 47.4 Å². The number of carbonyl (C=O) groups is 1. The van der Waals surface area contributed by atoms with Gasteiger partial charge in [-0.3, -0.25) is 9.52 Å². The van der Waals surface area contributed by atoms with Crippen LogP contribution in [0, 0.1) is 6.92 Å². The number of hydrogen-bond acceptors (Lipinski definition) is 3. The summed E-state index contributed by atoms with van der Waals surface area (Å²) in [5.74, 6) is -0.268. The van der Waals surface area contributed by atoms with E-state index in [2.05, 4.69) is 10.0 Å². The molecule has 1 amide bonds. The molecule has 0 unspecified atom stereocenters. The highest BCUT2D eigenvalue weighted by atomic mass is 35.5. The third kappa shape index (κ3) is 4.62. The van der Waals surface area contributed by atoms with Gasteiger partial charge in [0.1, 0.15) is 4.90 Å². The van der Waals surface area contributed by atoms with Crippen LogP contribution in [0.2, 0.25) is 5.02 Å². The van der Waals surface area contributed by atoms with Crippen molar-refractivity contribution in [3.8, 4) is 0 Å². The molecule has 3 rings (SSSR count). The van der Waals surface area contributed by atoms with Gasteiger partial charge in [-0.1, -0.05) is 55.1 Å². The van der Waals surface area contributed by atoms with E-state index in [0.717, 1.165) is 25.7 Å². The van der Waals surface area contributed by atoms with Gasteiger partial charge in [-0.25, -0.2) is 8.42 Å². The first kappa shape index (κ1) is 19.7. The van der Waals surface area contributed by atoms with E-state index in [0.29, 0.717) is 11.1 Å². The number of rotatable bonds is 5. The van der Waals surface area contributed by atoms with Gasteiger partial charge in [-0.2, -0.15) is 0 Å². The SMILES string of the molecule is Cc1cccc(Cl)c1S(=O)(=O)Nc1ccccc1C(=O)NC1CCCCC1. The number of aryl methyl sites for hydroxylation is 1. The molecular formula is C20H23ClN2O3S. The lowest BCUT2D eigenvalue weighted by molar-refractivity contribution is 0.0928. The molecule has 0 radical (unpaired) electrons. The lowest BCUT2D eigenvalue weighted by Gasteiger charge is -2.23. The molecule has 0 aliphatic heterocycles. The van der Waals surface area contributed by atoms with E-state index in [4.69, 9.17) is 11.6 Å². The fourth-order valence-electron chi connectivity index (χ4n) is 3.43. The first-order valence-corrected chi connectivity index (χ1v) is 10.9. The summed E-state index contributed by atoms with van der Waals surface area (Å²) in [5, 5.41) is 3.17. The average Bonchev–Trinajstić information content (AvgIpc) is 2.62. The van der Waals surface area contributed by atoms with E-state index in [1.54, 1.807) is 43.3 Å². The highest BCUT2D eigenvalue weighted by Gasteiger charge is 2.24. The summed E-state index contributed by atoms with van der Waals surface area (Å²) in [6, 6.07) is 11.7. The van der Waals surface area contributed by atoms with Gasteiger partial charge in [0.2, 0.25) is 0 Å². The lowest BCUT2D eigenvalue weighted by atomic mass is 9.95. The Hall–Kier alpha value is -2.05. The van der Waals surface area contributed by atoms with E-state index < -0.39 is 10.0 Å². The van der Waals surface area contributed by atoms with Crippen LogP contribution in [0.1, 0.15) is 48.0 Å². The predicted molar refractivity (Wildman–Crippen MR) is 108 cm³/mol. The standard InChI is InChI=1S/C20H23ClN2O3S/c1-14-8-7-12-17(21)19(14)27(25,26)23-18-13-6-5-11-16(18)20(24)22-15-9-3-2-4-10-15/h5-8,11-13,15,23H,2-4,9-10H2,1H3,(H,22,24). The van der Waals surface area contributed by atoms with Crippen molar-refractivity contribution in [3.63, 3.8) is 0 Å². The van der Waals surface area contributed by atoms with Gasteiger partial charge in [-0.05, 0) is 43.5 Å². The van der Waals surface area contributed by atoms with Crippen molar-refractivity contribution in [2.45, 2.75) is 50.0 Å². The van der Waals surface area contributed by atoms with Crippen LogP contribution < -0.4 is 10.0 Å². The van der Waals surface area contributed by atoms with E-state index in [9.17, 15) is 13.2 Å². The summed E-state index contributed by atoms with van der Waals surface area (Å²) in [7, 11) is -3.93. The molecule has 2 N–H and O–H groups in total. The number of nitrogens with one attached hydrogen (secondary N) is 2. The van der Waals surface area contributed by atoms with Gasteiger partial charge in [0.05, 0.1) is 16.3 Å². The highest BCUT2D eigenvalue weighted by molar-refractivity contribution is 7.93. The van der Waals surface area contributed by atoms with Crippen LogP contribution in [-0.4, -0.2) is 20.4 Å². The molecule has 1 fully saturated rings. The largest absolute Gasteiger partial charge is 0.349 e. The van der Waals surface area contributed by atoms with Crippen LogP contribution in [0.5, 0.6) is 0 Å². The molecule has 1 saturated carbocycles. The summed E-state index contributed by atoms with van der Waals surface area (Å²) in [5.41, 5.74) is 1.08. The van der Waals surface area contributed by atoms with Crippen LogP contribution in [0.4, 0.5) is 5.69 Å². The van der Waals surface area contributed by atoms with Crippen LogP contribution in [0.25, 0.3) is 0 Å². The van der Waals surface area contributed by atoms with Gasteiger partial charge in [0.15, 0.2) is 0 Å². The molecular weight excluding hydrogens is 384 g/mol. The van der Waals surface area contributed by atoms with Gasteiger partial charge in [0, 0.05) is 6.04 Å². The smallest absolute Gasteiger partial charge is 0.263 e. The molecule has 5 nitrogen and oxygen atoms in total. The first-order valence-electron chi connectivity index (χ1n) is 9.06. The van der Waals surface area contributed by atoms with Crippen LogP contribution in [0.3, 0.4) is 0 Å². The monoisotopic (exact) mass is 406 g/mol. The van der Waals surface area contributed by atoms with Crippen molar-refractivity contribution in [1.82, 2.24) is 5.32 Å². The second kappa shape index (κ2) is 8.31. The summed E-state index contributed by atoms with van der Waals surface area (Å²) in [6.45, 7) is 1.68. The van der Waals surface area contributed by atoms with Gasteiger partial charge >= 0.3 is 0 Å². The lowest BCUT2D eigenvalue weighted by Crippen LogP contribution is -2.36. The molecule has 2 aromatic rings. The molecule has 0 spiro atoms. The Morgan fingerprint density at radius 2 is 1.74 bits per heavy atom. The van der Waals surface area contributed by atoms with Crippen molar-refractivity contribution in [2.24, 2.45) is 0 Å². The van der Waals surface area contributed by atoms with Gasteiger partial charge < -0.3 is 5.32 Å². The maximum atomic E-state index is 12.9. The van der Waals surface area contributed by atoms with E-state index in [-0.39, 0.29) is 27.6 Å². The Labute approximate surface area is 165 Å². The van der Waals surface area contributed by atoms with Crippen molar-refractivity contribution in [1.29, 1.82) is 0 Å². The third-order valence-electron chi connectivity index (χ3n) is 4.79. The summed E-state index contributed by atoms with van der Waals surface area (Å²) in [6.07, 6.45) is 5.31. The van der Waals surface area contributed by atoms with E-state index >= 15 is 0 Å². The number of para-hydroxylation sites is 1. The van der Waals surface area contributed by atoms with Crippen LogP contribution in [-0.2, 0) is 10.0 Å². The normalized spacial score (nSPS) is 15.3. The number of benzene rings is 2. The zero-order valence-electron chi connectivity index (χ0n) is 15.2. The molecule has 0 aromatic heterocycles. The minimum absolute atomic E-state index is 0.0224. The number of sulfonamides is 1. The molecule has 0 atom stereocenters. The number of halogens is 1. The zero-order valence-corrected chi connectivity index (χ0v) is 16.7. The fourth-order valence-corrected chi connectivity index (χ4v) is 5.35. The Balaban J connectivity index is 1.86. The third-order valence-corrected chi connectivity index (χ3v) is 6.78. The number of hydrogen-bond donors (Lipinski definition) is 2. The number of anilines is 1. The molecule has 0 heterocycles. The second-order valence-corrected chi connectivity index (χ2v) is 8.87. The minimum Gasteiger partial charge on any atom is -0.349 e. The predicted octanol–water partition coefficient (Wildman–Crippen LogP) is 4.51. The maximum absolute atomic E-state index is 12.9. The number of carbonyl (C=O) groups excluding carboxylic acids is 1. The molecule has 0 bridgehead atoms. The summed E-state index contributed by atoms with van der Waals surface area (Å²) in [4.78, 5) is 12.7.